The predicted octanol–water partition coefficient (Wildman–Crippen LogP) is 3.67. The molecule has 3 N–H and O–H groups in total. The number of hydrogen-bond donors (Lipinski definition) is 2. The first kappa shape index (κ1) is 19.1. The Kier molecular flexibility index (Phi) is 4.43. The average molecular weight is 419 g/mol. The maximum atomic E-state index is 9.52. The van der Waals surface area contributed by atoms with Crippen molar-refractivity contribution in [2.24, 2.45) is 0 Å². The lowest BCUT2D eigenvalue weighted by molar-refractivity contribution is 0.797. The molecule has 9 nitrogen and oxygen atoms in total. The number of aromatic nitrogens is 5. The van der Waals surface area contributed by atoms with E-state index in [1.807, 2.05) is 78.2 Å². The van der Waals surface area contributed by atoms with Gasteiger partial charge in [-0.1, -0.05) is 30.3 Å². The zero-order valence-corrected chi connectivity index (χ0v) is 17.1. The van der Waals surface area contributed by atoms with E-state index in [0.717, 1.165) is 16.7 Å². The number of para-hydroxylation sites is 3. The van der Waals surface area contributed by atoms with Crippen molar-refractivity contribution in [3.05, 3.63) is 66.0 Å². The number of fused-ring (bicyclic) bond motifs is 2. The zero-order chi connectivity index (χ0) is 22.2. The van der Waals surface area contributed by atoms with Gasteiger partial charge in [0, 0.05) is 6.54 Å². The largest absolute Gasteiger partial charge is 0.383 e. The van der Waals surface area contributed by atoms with Gasteiger partial charge in [0.05, 0.1) is 22.3 Å². The van der Waals surface area contributed by atoms with E-state index in [4.69, 9.17) is 10.7 Å². The Labute approximate surface area is 183 Å². The molecular weight excluding hydrogens is 402 g/mol. The lowest BCUT2D eigenvalue weighted by Crippen LogP contribution is -2.13. The highest BCUT2D eigenvalue weighted by molar-refractivity contribution is 5.99. The number of nitrogen functional groups attached to an aromatic ring is 1. The van der Waals surface area contributed by atoms with Crippen LogP contribution in [0.15, 0.2) is 54.6 Å². The van der Waals surface area contributed by atoms with Crippen molar-refractivity contribution in [3.63, 3.8) is 0 Å². The fourth-order valence-electron chi connectivity index (χ4n) is 3.82. The van der Waals surface area contributed by atoms with Crippen LogP contribution in [0.5, 0.6) is 0 Å². The van der Waals surface area contributed by atoms with Crippen LogP contribution in [0.25, 0.3) is 33.6 Å². The molecule has 154 valence electrons. The molecule has 0 saturated heterocycles. The molecular formula is C23H17N9. The van der Waals surface area contributed by atoms with Crippen molar-refractivity contribution in [2.45, 2.75) is 13.5 Å². The molecule has 0 aliphatic rings. The molecule has 3 heterocycles. The standard InChI is InChI=1S/C23H17N9/c1-2-31-18-11-7-6-10-15(18)28-22(31)19-20-23(29-17(13-25)16(12-24)27-20)32(21(19)26)30-14-8-4-3-5-9-14/h3-11,30H,2,26H2,1H3. The second-order valence-electron chi connectivity index (χ2n) is 7.06. The van der Waals surface area contributed by atoms with Crippen LogP contribution in [0.2, 0.25) is 0 Å². The normalized spacial score (nSPS) is 10.8. The highest BCUT2D eigenvalue weighted by Crippen LogP contribution is 2.36. The third-order valence-electron chi connectivity index (χ3n) is 5.24. The molecule has 0 aliphatic heterocycles. The van der Waals surface area contributed by atoms with Gasteiger partial charge < -0.3 is 10.3 Å². The molecule has 9 heteroatoms. The fourth-order valence-corrected chi connectivity index (χ4v) is 3.82. The molecule has 0 saturated carbocycles. The monoisotopic (exact) mass is 419 g/mol. The zero-order valence-electron chi connectivity index (χ0n) is 17.1. The fraction of sp³-hybridized carbons (Fsp3) is 0.0870. The molecule has 3 aromatic heterocycles. The van der Waals surface area contributed by atoms with Crippen molar-refractivity contribution >= 4 is 33.7 Å². The van der Waals surface area contributed by atoms with Crippen LogP contribution in [0, 0.1) is 22.7 Å². The molecule has 0 aliphatic carbocycles. The SMILES string of the molecule is CCn1c(-c2c(N)n(Nc3ccccc3)c3nc(C#N)c(C#N)nc23)nc2ccccc21. The number of nitrogens with two attached hydrogens (primary N) is 1. The molecule has 0 atom stereocenters. The second-order valence-corrected chi connectivity index (χ2v) is 7.06. The Morgan fingerprint density at radius 1 is 0.938 bits per heavy atom. The summed E-state index contributed by atoms with van der Waals surface area (Å²) in [5.74, 6) is 0.945. The minimum atomic E-state index is -0.0656. The Balaban J connectivity index is 1.87. The first-order valence-corrected chi connectivity index (χ1v) is 9.96. The molecule has 32 heavy (non-hydrogen) atoms. The topological polar surface area (TPSA) is 134 Å². The van der Waals surface area contributed by atoms with Crippen LogP contribution in [-0.4, -0.2) is 24.2 Å². The third kappa shape index (κ3) is 2.81. The van der Waals surface area contributed by atoms with E-state index in [2.05, 4.69) is 15.4 Å². The van der Waals surface area contributed by atoms with Crippen LogP contribution < -0.4 is 11.2 Å². The first-order valence-electron chi connectivity index (χ1n) is 9.96. The summed E-state index contributed by atoms with van der Waals surface area (Å²) < 4.78 is 3.62. The molecule has 5 rings (SSSR count). The number of nitrogens with zero attached hydrogens (tertiary/aromatic N) is 7. The summed E-state index contributed by atoms with van der Waals surface area (Å²) in [6, 6.07) is 21.2. The van der Waals surface area contributed by atoms with Crippen molar-refractivity contribution in [2.75, 3.05) is 11.2 Å². The van der Waals surface area contributed by atoms with E-state index in [9.17, 15) is 10.5 Å². The van der Waals surface area contributed by atoms with Gasteiger partial charge in [0.2, 0.25) is 0 Å². The Morgan fingerprint density at radius 3 is 2.34 bits per heavy atom. The Bertz CT molecular complexity index is 1560. The van der Waals surface area contributed by atoms with Crippen LogP contribution in [-0.2, 0) is 6.54 Å². The predicted molar refractivity (Wildman–Crippen MR) is 121 cm³/mol. The van der Waals surface area contributed by atoms with E-state index < -0.39 is 0 Å². The molecule has 0 spiro atoms. The molecule has 0 radical (unpaired) electrons. The molecule has 5 aromatic rings. The number of hydrogen-bond acceptors (Lipinski definition) is 7. The van der Waals surface area contributed by atoms with Crippen molar-refractivity contribution < 1.29 is 0 Å². The lowest BCUT2D eigenvalue weighted by atomic mass is 10.2. The summed E-state index contributed by atoms with van der Waals surface area (Å²) >= 11 is 0. The summed E-state index contributed by atoms with van der Waals surface area (Å²) in [7, 11) is 0. The highest BCUT2D eigenvalue weighted by atomic mass is 15.5. The minimum Gasteiger partial charge on any atom is -0.383 e. The number of imidazole rings is 1. The van der Waals surface area contributed by atoms with Gasteiger partial charge in [0.25, 0.3) is 0 Å². The maximum Gasteiger partial charge on any atom is 0.181 e. The summed E-state index contributed by atoms with van der Waals surface area (Å²) in [5, 5.41) is 19.0. The molecule has 0 fully saturated rings. The highest BCUT2D eigenvalue weighted by Gasteiger charge is 2.26. The lowest BCUT2D eigenvalue weighted by Gasteiger charge is -2.11. The molecule has 0 unspecified atom stereocenters. The summed E-state index contributed by atoms with van der Waals surface area (Å²) in [6.07, 6.45) is 0. The smallest absolute Gasteiger partial charge is 0.181 e. The van der Waals surface area contributed by atoms with E-state index >= 15 is 0 Å². The number of nitriles is 2. The van der Waals surface area contributed by atoms with Gasteiger partial charge in [-0.15, -0.1) is 0 Å². The molecule has 0 bridgehead atoms. The van der Waals surface area contributed by atoms with Crippen LogP contribution >= 0.6 is 0 Å². The van der Waals surface area contributed by atoms with Crippen molar-refractivity contribution in [1.82, 2.24) is 24.2 Å². The number of aryl methyl sites for hydroxylation is 1. The van der Waals surface area contributed by atoms with Crippen molar-refractivity contribution in [1.29, 1.82) is 10.5 Å². The molecule has 2 aromatic carbocycles. The minimum absolute atomic E-state index is 0.0581. The van der Waals surface area contributed by atoms with Gasteiger partial charge in [-0.2, -0.15) is 10.5 Å². The van der Waals surface area contributed by atoms with Gasteiger partial charge >= 0.3 is 0 Å². The van der Waals surface area contributed by atoms with Gasteiger partial charge in [-0.3, -0.25) is 5.43 Å². The van der Waals surface area contributed by atoms with Crippen molar-refractivity contribution in [3.8, 4) is 23.5 Å². The van der Waals surface area contributed by atoms with Gasteiger partial charge in [-0.05, 0) is 31.2 Å². The quantitative estimate of drug-likeness (QED) is 0.454. The van der Waals surface area contributed by atoms with Gasteiger partial charge in [0.15, 0.2) is 17.0 Å². The third-order valence-corrected chi connectivity index (χ3v) is 5.24. The van der Waals surface area contributed by atoms with E-state index in [-0.39, 0.29) is 11.4 Å². The summed E-state index contributed by atoms with van der Waals surface area (Å²) in [4.78, 5) is 13.7. The van der Waals surface area contributed by atoms with Gasteiger partial charge in [0.1, 0.15) is 29.3 Å². The maximum absolute atomic E-state index is 9.52. The van der Waals surface area contributed by atoms with Crippen LogP contribution in [0.1, 0.15) is 18.3 Å². The van der Waals surface area contributed by atoms with E-state index in [1.54, 1.807) is 4.68 Å². The summed E-state index contributed by atoms with van der Waals surface area (Å²) in [6.45, 7) is 2.68. The number of rotatable bonds is 4. The number of benzene rings is 2. The Morgan fingerprint density at radius 2 is 1.62 bits per heavy atom. The van der Waals surface area contributed by atoms with Gasteiger partial charge in [-0.25, -0.2) is 19.6 Å². The second kappa shape index (κ2) is 7.42. The number of anilines is 2. The molecule has 0 amide bonds. The first-order chi connectivity index (χ1) is 15.7. The van der Waals surface area contributed by atoms with Crippen LogP contribution in [0.3, 0.4) is 0 Å². The van der Waals surface area contributed by atoms with E-state index in [1.165, 1.54) is 0 Å². The van der Waals surface area contributed by atoms with Crippen LogP contribution in [0.4, 0.5) is 11.5 Å². The number of nitrogens with one attached hydrogen (secondary N) is 1. The Hall–Kier alpha value is -4.89. The average Bonchev–Trinajstić information content (AvgIpc) is 3.32. The van der Waals surface area contributed by atoms with E-state index in [0.29, 0.717) is 34.9 Å². The summed E-state index contributed by atoms with van der Waals surface area (Å²) in [5.41, 5.74) is 13.6.